The molecule has 2 aromatic carbocycles. The van der Waals surface area contributed by atoms with Gasteiger partial charge in [0.2, 0.25) is 0 Å². The predicted molar refractivity (Wildman–Crippen MR) is 105 cm³/mol. The smallest absolute Gasteiger partial charge is 0.313 e. The highest BCUT2D eigenvalue weighted by Crippen LogP contribution is 2.28. The minimum atomic E-state index is -0.985. The average Bonchev–Trinajstić information content (AvgIpc) is 2.70. The number of ether oxygens (including phenoxy) is 1. The van der Waals surface area contributed by atoms with Crippen LogP contribution in [0.5, 0.6) is 0 Å². The maximum Gasteiger partial charge on any atom is 0.313 e. The Balaban J connectivity index is 2.10. The molecule has 0 heterocycles. The van der Waals surface area contributed by atoms with Gasteiger partial charge in [0, 0.05) is 13.2 Å². The average molecular weight is 385 g/mol. The molecule has 2 rings (SSSR count). The van der Waals surface area contributed by atoms with Crippen molar-refractivity contribution in [2.75, 3.05) is 19.0 Å². The van der Waals surface area contributed by atoms with Crippen LogP contribution < -0.4 is 10.6 Å². The fourth-order valence-electron chi connectivity index (χ4n) is 2.89. The van der Waals surface area contributed by atoms with Crippen LogP contribution in [0.3, 0.4) is 0 Å². The van der Waals surface area contributed by atoms with E-state index in [1.54, 1.807) is 20.1 Å². The van der Waals surface area contributed by atoms with Gasteiger partial charge in [0.1, 0.15) is 11.3 Å². The summed E-state index contributed by atoms with van der Waals surface area (Å²) >= 11 is 0. The van der Waals surface area contributed by atoms with Gasteiger partial charge in [0.25, 0.3) is 5.69 Å². The number of anilines is 1. The number of methoxy groups -OCH3 is 1. The van der Waals surface area contributed by atoms with E-state index in [-0.39, 0.29) is 17.9 Å². The van der Waals surface area contributed by atoms with Gasteiger partial charge in [0.15, 0.2) is 0 Å². The molecule has 2 amide bonds. The Hall–Kier alpha value is -3.26. The number of nitro benzene ring substituents is 1. The van der Waals surface area contributed by atoms with E-state index < -0.39 is 22.3 Å². The number of rotatable bonds is 7. The number of benzene rings is 2. The van der Waals surface area contributed by atoms with E-state index in [9.17, 15) is 19.7 Å². The molecular weight excluding hydrogens is 362 g/mol. The zero-order valence-corrected chi connectivity index (χ0v) is 16.0. The summed E-state index contributed by atoms with van der Waals surface area (Å²) < 4.78 is 5.65. The Morgan fingerprint density at radius 3 is 2.39 bits per heavy atom. The molecule has 2 aromatic rings. The zero-order chi connectivity index (χ0) is 20.7. The predicted octanol–water partition coefficient (Wildman–Crippen LogP) is 2.91. The molecule has 0 aromatic heterocycles. The second kappa shape index (κ2) is 9.09. The van der Waals surface area contributed by atoms with Gasteiger partial charge in [-0.3, -0.25) is 19.7 Å². The fourth-order valence-corrected chi connectivity index (χ4v) is 2.89. The maximum atomic E-state index is 12.3. The summed E-state index contributed by atoms with van der Waals surface area (Å²) in [5.41, 5.74) is 0.449. The van der Waals surface area contributed by atoms with E-state index in [1.165, 1.54) is 12.1 Å². The molecule has 0 fully saturated rings. The van der Waals surface area contributed by atoms with Crippen LogP contribution in [0.2, 0.25) is 0 Å². The third-order valence-electron chi connectivity index (χ3n) is 4.60. The quantitative estimate of drug-likeness (QED) is 0.432. The SMILES string of the molecule is CCC(CNC(=O)C(=O)Nc1ccc(C)cc1[N+](=O)[O-])(OC)c1ccccc1. The number of carbonyl (C=O) groups excluding carboxylic acids is 2. The Morgan fingerprint density at radius 1 is 1.14 bits per heavy atom. The standard InChI is InChI=1S/C20H23N3O5/c1-4-20(28-3,15-8-6-5-7-9-15)13-21-18(24)19(25)22-16-11-10-14(2)12-17(16)23(26)27/h5-12H,4,13H2,1-3H3,(H,21,24)(H,22,25). The topological polar surface area (TPSA) is 111 Å². The lowest BCUT2D eigenvalue weighted by atomic mass is 9.90. The molecule has 0 bridgehead atoms. The number of carbonyl (C=O) groups is 2. The molecule has 28 heavy (non-hydrogen) atoms. The zero-order valence-electron chi connectivity index (χ0n) is 16.0. The number of nitro groups is 1. The third-order valence-corrected chi connectivity index (χ3v) is 4.60. The second-order valence-corrected chi connectivity index (χ2v) is 6.33. The van der Waals surface area contributed by atoms with E-state index >= 15 is 0 Å². The van der Waals surface area contributed by atoms with Gasteiger partial charge < -0.3 is 15.4 Å². The monoisotopic (exact) mass is 385 g/mol. The summed E-state index contributed by atoms with van der Waals surface area (Å²) in [6.45, 7) is 3.69. The summed E-state index contributed by atoms with van der Waals surface area (Å²) in [6.07, 6.45) is 0.568. The highest BCUT2D eigenvalue weighted by molar-refractivity contribution is 6.39. The number of hydrogen-bond donors (Lipinski definition) is 2. The molecular formula is C20H23N3O5. The van der Waals surface area contributed by atoms with Crippen LogP contribution in [0.4, 0.5) is 11.4 Å². The van der Waals surface area contributed by atoms with E-state index in [4.69, 9.17) is 4.74 Å². The van der Waals surface area contributed by atoms with Crippen molar-refractivity contribution in [2.24, 2.45) is 0 Å². The summed E-state index contributed by atoms with van der Waals surface area (Å²) in [7, 11) is 1.54. The normalized spacial score (nSPS) is 12.7. The molecule has 0 radical (unpaired) electrons. The van der Waals surface area contributed by atoms with Crippen LogP contribution in [-0.4, -0.2) is 30.4 Å². The summed E-state index contributed by atoms with van der Waals surface area (Å²) in [5, 5.41) is 16.0. The van der Waals surface area contributed by atoms with Crippen molar-refractivity contribution in [1.82, 2.24) is 5.32 Å². The van der Waals surface area contributed by atoms with Gasteiger partial charge >= 0.3 is 11.8 Å². The van der Waals surface area contributed by atoms with Crippen molar-refractivity contribution in [3.8, 4) is 0 Å². The molecule has 1 unspecified atom stereocenters. The van der Waals surface area contributed by atoms with E-state index in [1.807, 2.05) is 37.3 Å². The molecule has 148 valence electrons. The van der Waals surface area contributed by atoms with Crippen molar-refractivity contribution >= 4 is 23.2 Å². The van der Waals surface area contributed by atoms with Gasteiger partial charge in [-0.15, -0.1) is 0 Å². The molecule has 0 saturated heterocycles. The minimum Gasteiger partial charge on any atom is -0.372 e. The maximum absolute atomic E-state index is 12.3. The Labute approximate surface area is 163 Å². The molecule has 0 saturated carbocycles. The van der Waals surface area contributed by atoms with Crippen LogP contribution in [0, 0.1) is 17.0 Å². The molecule has 8 heteroatoms. The Kier molecular flexibility index (Phi) is 6.84. The molecule has 0 aliphatic rings. The molecule has 0 aliphatic carbocycles. The van der Waals surface area contributed by atoms with Gasteiger partial charge in [-0.25, -0.2) is 0 Å². The van der Waals surface area contributed by atoms with Crippen molar-refractivity contribution in [3.05, 3.63) is 69.8 Å². The van der Waals surface area contributed by atoms with Crippen LogP contribution in [0.25, 0.3) is 0 Å². The van der Waals surface area contributed by atoms with E-state index in [0.29, 0.717) is 12.0 Å². The highest BCUT2D eigenvalue weighted by Gasteiger charge is 2.31. The van der Waals surface area contributed by atoms with Crippen molar-refractivity contribution in [3.63, 3.8) is 0 Å². The van der Waals surface area contributed by atoms with E-state index in [2.05, 4.69) is 10.6 Å². The van der Waals surface area contributed by atoms with Gasteiger partial charge in [-0.2, -0.15) is 0 Å². The van der Waals surface area contributed by atoms with Crippen molar-refractivity contribution in [2.45, 2.75) is 25.9 Å². The summed E-state index contributed by atoms with van der Waals surface area (Å²) in [6, 6.07) is 13.7. The molecule has 0 aliphatic heterocycles. The Morgan fingerprint density at radius 2 is 1.82 bits per heavy atom. The van der Waals surface area contributed by atoms with Gasteiger partial charge in [-0.1, -0.05) is 43.3 Å². The number of aryl methyl sites for hydroxylation is 1. The minimum absolute atomic E-state index is 0.0349. The van der Waals surface area contributed by atoms with Crippen LogP contribution in [-0.2, 0) is 19.9 Å². The lowest BCUT2D eigenvalue weighted by molar-refractivity contribution is -0.384. The largest absolute Gasteiger partial charge is 0.372 e. The van der Waals surface area contributed by atoms with Crippen molar-refractivity contribution in [1.29, 1.82) is 0 Å². The first kappa shape index (κ1) is 21.0. The molecule has 0 spiro atoms. The van der Waals surface area contributed by atoms with Crippen LogP contribution >= 0.6 is 0 Å². The number of amides is 2. The van der Waals surface area contributed by atoms with Gasteiger partial charge in [-0.05, 0) is 30.5 Å². The first-order valence-electron chi connectivity index (χ1n) is 8.78. The number of nitrogens with zero attached hydrogens (tertiary/aromatic N) is 1. The molecule has 1 atom stereocenters. The van der Waals surface area contributed by atoms with Crippen molar-refractivity contribution < 1.29 is 19.2 Å². The fraction of sp³-hybridized carbons (Fsp3) is 0.300. The highest BCUT2D eigenvalue weighted by atomic mass is 16.6. The lowest BCUT2D eigenvalue weighted by Crippen LogP contribution is -2.45. The molecule has 2 N–H and O–H groups in total. The Bertz CT molecular complexity index is 863. The molecule has 8 nitrogen and oxygen atoms in total. The summed E-state index contributed by atoms with van der Waals surface area (Å²) in [4.78, 5) is 35.0. The first-order valence-corrected chi connectivity index (χ1v) is 8.78. The van der Waals surface area contributed by atoms with Gasteiger partial charge in [0.05, 0.1) is 11.5 Å². The first-order chi connectivity index (χ1) is 13.3. The van der Waals surface area contributed by atoms with E-state index in [0.717, 1.165) is 5.56 Å². The third kappa shape index (κ3) is 4.72. The summed E-state index contributed by atoms with van der Waals surface area (Å²) in [5.74, 6) is -1.89. The number of hydrogen-bond acceptors (Lipinski definition) is 5. The number of nitrogens with one attached hydrogen (secondary N) is 2. The second-order valence-electron chi connectivity index (χ2n) is 6.33. The van der Waals surface area contributed by atoms with Crippen LogP contribution in [0.1, 0.15) is 24.5 Å². The lowest BCUT2D eigenvalue weighted by Gasteiger charge is -2.32. The van der Waals surface area contributed by atoms with Crippen LogP contribution in [0.15, 0.2) is 48.5 Å².